The van der Waals surface area contributed by atoms with Crippen LogP contribution in [0.3, 0.4) is 0 Å². The molecule has 4 bridgehead atoms. The summed E-state index contributed by atoms with van der Waals surface area (Å²) in [5.74, 6) is 3.47. The molecule has 1 aromatic heterocycles. The average molecular weight is 384 g/mol. The molecule has 6 heteroatoms. The second kappa shape index (κ2) is 6.03. The molecule has 0 saturated heterocycles. The van der Waals surface area contributed by atoms with E-state index in [1.165, 1.54) is 44.8 Å². The molecule has 6 rings (SSSR count). The minimum atomic E-state index is -3.19. The van der Waals surface area contributed by atoms with E-state index in [0.29, 0.717) is 4.90 Å². The van der Waals surface area contributed by atoms with Crippen LogP contribution in [0.4, 0.5) is 5.82 Å². The molecule has 4 saturated carbocycles. The fourth-order valence-corrected chi connectivity index (χ4v) is 6.60. The number of rotatable bonds is 4. The Labute approximate surface area is 160 Å². The number of benzene rings is 1. The van der Waals surface area contributed by atoms with Crippen LogP contribution in [0.5, 0.6) is 0 Å². The van der Waals surface area contributed by atoms with E-state index in [4.69, 9.17) is 4.98 Å². The number of hydrogen-bond donors (Lipinski definition) is 1. The Morgan fingerprint density at radius 3 is 2.11 bits per heavy atom. The Morgan fingerprint density at radius 2 is 1.56 bits per heavy atom. The first kappa shape index (κ1) is 17.2. The van der Waals surface area contributed by atoms with E-state index >= 15 is 0 Å². The minimum Gasteiger partial charge on any atom is -0.363 e. The molecule has 5 nitrogen and oxygen atoms in total. The number of anilines is 1. The first-order valence-corrected chi connectivity index (χ1v) is 11.7. The van der Waals surface area contributed by atoms with Crippen molar-refractivity contribution < 1.29 is 8.42 Å². The molecule has 0 unspecified atom stereocenters. The molecule has 1 N–H and O–H groups in total. The zero-order chi connectivity index (χ0) is 18.6. The summed E-state index contributed by atoms with van der Waals surface area (Å²) < 4.78 is 23.3. The summed E-state index contributed by atoms with van der Waals surface area (Å²) in [5.41, 5.74) is 1.84. The SMILES string of the molecule is CS(=O)(=O)c1ccc(-c2cncc(NC34CC5CC(CC(C5)C3)C4)n2)cc1. The van der Waals surface area contributed by atoms with Crippen molar-refractivity contribution in [3.63, 3.8) is 0 Å². The predicted molar refractivity (Wildman–Crippen MR) is 105 cm³/mol. The van der Waals surface area contributed by atoms with Gasteiger partial charge in [0.05, 0.1) is 23.0 Å². The van der Waals surface area contributed by atoms with Gasteiger partial charge in [-0.15, -0.1) is 0 Å². The third-order valence-electron chi connectivity index (χ3n) is 6.64. The molecule has 0 radical (unpaired) electrons. The highest BCUT2D eigenvalue weighted by molar-refractivity contribution is 7.90. The van der Waals surface area contributed by atoms with Crippen molar-refractivity contribution >= 4 is 15.7 Å². The third-order valence-corrected chi connectivity index (χ3v) is 7.77. The molecule has 27 heavy (non-hydrogen) atoms. The Bertz CT molecular complexity index is 934. The number of aromatic nitrogens is 2. The van der Waals surface area contributed by atoms with Gasteiger partial charge in [0.2, 0.25) is 0 Å². The highest BCUT2D eigenvalue weighted by atomic mass is 32.2. The van der Waals surface area contributed by atoms with Gasteiger partial charge < -0.3 is 5.32 Å². The smallest absolute Gasteiger partial charge is 0.175 e. The van der Waals surface area contributed by atoms with Crippen LogP contribution >= 0.6 is 0 Å². The van der Waals surface area contributed by atoms with Gasteiger partial charge in [-0.3, -0.25) is 4.98 Å². The van der Waals surface area contributed by atoms with Gasteiger partial charge in [-0.1, -0.05) is 12.1 Å². The van der Waals surface area contributed by atoms with Gasteiger partial charge in [-0.05, 0) is 68.4 Å². The summed E-state index contributed by atoms with van der Waals surface area (Å²) >= 11 is 0. The van der Waals surface area contributed by atoms with Crippen LogP contribution in [0.25, 0.3) is 11.3 Å². The number of nitrogens with zero attached hydrogens (tertiary/aromatic N) is 2. The Morgan fingerprint density at radius 1 is 0.963 bits per heavy atom. The van der Waals surface area contributed by atoms with Crippen LogP contribution in [-0.4, -0.2) is 30.2 Å². The van der Waals surface area contributed by atoms with Crippen molar-refractivity contribution in [3.05, 3.63) is 36.7 Å². The fourth-order valence-electron chi connectivity index (χ4n) is 5.97. The maximum atomic E-state index is 11.6. The Balaban J connectivity index is 1.40. The van der Waals surface area contributed by atoms with Crippen molar-refractivity contribution in [3.8, 4) is 11.3 Å². The first-order valence-electron chi connectivity index (χ1n) is 9.79. The molecule has 142 valence electrons. The molecule has 0 amide bonds. The van der Waals surface area contributed by atoms with Crippen molar-refractivity contribution in [1.29, 1.82) is 0 Å². The van der Waals surface area contributed by atoms with Crippen molar-refractivity contribution in [2.24, 2.45) is 17.8 Å². The first-order chi connectivity index (χ1) is 12.9. The molecule has 4 aliphatic rings. The van der Waals surface area contributed by atoms with Gasteiger partial charge in [0.25, 0.3) is 0 Å². The van der Waals surface area contributed by atoms with Gasteiger partial charge in [-0.25, -0.2) is 13.4 Å². The summed E-state index contributed by atoms with van der Waals surface area (Å²) in [6.07, 6.45) is 12.8. The average Bonchev–Trinajstić information content (AvgIpc) is 2.60. The lowest BCUT2D eigenvalue weighted by Crippen LogP contribution is -2.54. The maximum Gasteiger partial charge on any atom is 0.175 e. The van der Waals surface area contributed by atoms with E-state index in [1.54, 1.807) is 30.5 Å². The van der Waals surface area contributed by atoms with Gasteiger partial charge in [0.15, 0.2) is 9.84 Å². The molecule has 0 spiro atoms. The summed E-state index contributed by atoms with van der Waals surface area (Å²) in [7, 11) is -3.19. The van der Waals surface area contributed by atoms with Gasteiger partial charge in [0, 0.05) is 17.4 Å². The zero-order valence-corrected chi connectivity index (χ0v) is 16.4. The van der Waals surface area contributed by atoms with Crippen molar-refractivity contribution in [2.75, 3.05) is 11.6 Å². The lowest BCUT2D eigenvalue weighted by Gasteiger charge is -2.57. The molecule has 4 fully saturated rings. The van der Waals surface area contributed by atoms with Crippen LogP contribution in [0, 0.1) is 17.8 Å². The van der Waals surface area contributed by atoms with Gasteiger partial charge >= 0.3 is 0 Å². The Hall–Kier alpha value is -1.95. The van der Waals surface area contributed by atoms with Crippen LogP contribution in [0.1, 0.15) is 38.5 Å². The lowest BCUT2D eigenvalue weighted by atomic mass is 9.53. The van der Waals surface area contributed by atoms with Crippen molar-refractivity contribution in [1.82, 2.24) is 9.97 Å². The largest absolute Gasteiger partial charge is 0.363 e. The summed E-state index contributed by atoms with van der Waals surface area (Å²) in [6.45, 7) is 0. The van der Waals surface area contributed by atoms with Crippen LogP contribution in [0.2, 0.25) is 0 Å². The van der Waals surface area contributed by atoms with Crippen molar-refractivity contribution in [2.45, 2.75) is 49.0 Å². The van der Waals surface area contributed by atoms with E-state index in [2.05, 4.69) is 10.3 Å². The molecular formula is C21H25N3O2S. The van der Waals surface area contributed by atoms with E-state index in [1.807, 2.05) is 6.20 Å². The molecule has 2 aromatic rings. The molecular weight excluding hydrogens is 358 g/mol. The maximum absolute atomic E-state index is 11.6. The molecule has 1 heterocycles. The summed E-state index contributed by atoms with van der Waals surface area (Å²) in [4.78, 5) is 9.50. The van der Waals surface area contributed by atoms with Gasteiger partial charge in [0.1, 0.15) is 5.82 Å². The second-order valence-corrected chi connectivity index (χ2v) is 10.9. The molecule has 1 aromatic carbocycles. The molecule has 0 aliphatic heterocycles. The fraction of sp³-hybridized carbons (Fsp3) is 0.524. The van der Waals surface area contributed by atoms with Crippen LogP contribution in [-0.2, 0) is 9.84 Å². The summed E-state index contributed by atoms with van der Waals surface area (Å²) in [5, 5.41) is 3.76. The van der Waals surface area contributed by atoms with E-state index in [9.17, 15) is 8.42 Å². The molecule has 0 atom stereocenters. The minimum absolute atomic E-state index is 0.197. The monoisotopic (exact) mass is 383 g/mol. The topological polar surface area (TPSA) is 72.0 Å². The lowest BCUT2D eigenvalue weighted by molar-refractivity contribution is 0.0105. The summed E-state index contributed by atoms with van der Waals surface area (Å²) in [6, 6.07) is 6.86. The number of nitrogens with one attached hydrogen (secondary N) is 1. The van der Waals surface area contributed by atoms with Gasteiger partial charge in [-0.2, -0.15) is 0 Å². The molecule has 4 aliphatic carbocycles. The number of sulfone groups is 1. The second-order valence-electron chi connectivity index (χ2n) is 8.91. The quantitative estimate of drug-likeness (QED) is 0.866. The van der Waals surface area contributed by atoms with Crippen LogP contribution < -0.4 is 5.32 Å². The van der Waals surface area contributed by atoms with E-state index in [-0.39, 0.29) is 5.54 Å². The van der Waals surface area contributed by atoms with E-state index in [0.717, 1.165) is 34.8 Å². The van der Waals surface area contributed by atoms with Crippen LogP contribution in [0.15, 0.2) is 41.6 Å². The third kappa shape index (κ3) is 3.24. The van der Waals surface area contributed by atoms with E-state index < -0.39 is 9.84 Å². The standard InChI is InChI=1S/C21H25N3O2S/c1-27(25,26)18-4-2-17(3-5-18)19-12-22-13-20(23-19)24-21-9-14-6-15(10-21)8-16(7-14)11-21/h2-5,12-16H,6-11H2,1H3,(H,23,24). The Kier molecular flexibility index (Phi) is 3.83. The zero-order valence-electron chi connectivity index (χ0n) is 15.6. The highest BCUT2D eigenvalue weighted by Crippen LogP contribution is 2.56. The number of hydrogen-bond acceptors (Lipinski definition) is 5. The predicted octanol–water partition coefficient (Wildman–Crippen LogP) is 3.93. The highest BCUT2D eigenvalue weighted by Gasteiger charge is 2.51. The normalized spacial score (nSPS) is 31.8.